The van der Waals surface area contributed by atoms with Gasteiger partial charge in [-0.2, -0.15) is 4.98 Å². The summed E-state index contributed by atoms with van der Waals surface area (Å²) >= 11 is 0. The molecule has 0 aliphatic rings. The lowest BCUT2D eigenvalue weighted by molar-refractivity contribution is 0.415. The van der Waals surface area contributed by atoms with E-state index in [1.807, 2.05) is 24.3 Å². The SMILES string of the molecule is CCN(CC)c1nc(N)cc(-c2ccc(OC)cc2)n1. The molecule has 0 spiro atoms. The Morgan fingerprint density at radius 2 is 1.75 bits per heavy atom. The maximum atomic E-state index is 5.90. The van der Waals surface area contributed by atoms with E-state index in [0.29, 0.717) is 11.8 Å². The molecule has 0 aliphatic carbocycles. The number of hydrogen-bond acceptors (Lipinski definition) is 5. The number of nitrogens with two attached hydrogens (primary N) is 1. The van der Waals surface area contributed by atoms with Gasteiger partial charge in [0, 0.05) is 24.7 Å². The highest BCUT2D eigenvalue weighted by molar-refractivity contribution is 5.64. The van der Waals surface area contributed by atoms with E-state index in [0.717, 1.165) is 30.1 Å². The van der Waals surface area contributed by atoms with Crippen LogP contribution in [0.3, 0.4) is 0 Å². The third kappa shape index (κ3) is 2.99. The van der Waals surface area contributed by atoms with E-state index in [-0.39, 0.29) is 0 Å². The summed E-state index contributed by atoms with van der Waals surface area (Å²) in [5.41, 5.74) is 7.71. The van der Waals surface area contributed by atoms with E-state index in [1.54, 1.807) is 13.2 Å². The summed E-state index contributed by atoms with van der Waals surface area (Å²) < 4.78 is 5.16. The zero-order chi connectivity index (χ0) is 14.5. The number of benzene rings is 1. The molecule has 0 amide bonds. The predicted molar refractivity (Wildman–Crippen MR) is 82.0 cm³/mol. The van der Waals surface area contributed by atoms with E-state index in [4.69, 9.17) is 10.5 Å². The monoisotopic (exact) mass is 272 g/mol. The molecule has 0 unspecified atom stereocenters. The number of anilines is 2. The minimum atomic E-state index is 0.479. The van der Waals surface area contributed by atoms with E-state index in [9.17, 15) is 0 Å². The molecule has 1 aromatic carbocycles. The van der Waals surface area contributed by atoms with E-state index in [2.05, 4.69) is 28.7 Å². The van der Waals surface area contributed by atoms with Gasteiger partial charge in [-0.25, -0.2) is 4.98 Å². The topological polar surface area (TPSA) is 64.3 Å². The molecule has 0 aliphatic heterocycles. The average Bonchev–Trinajstić information content (AvgIpc) is 2.48. The first-order chi connectivity index (χ1) is 9.67. The molecule has 0 fully saturated rings. The van der Waals surface area contributed by atoms with Crippen LogP contribution in [0.2, 0.25) is 0 Å². The predicted octanol–water partition coefficient (Wildman–Crippen LogP) is 2.58. The second-order valence-corrected chi connectivity index (χ2v) is 4.38. The zero-order valence-electron chi connectivity index (χ0n) is 12.1. The van der Waals surface area contributed by atoms with Gasteiger partial charge >= 0.3 is 0 Å². The van der Waals surface area contributed by atoms with Gasteiger partial charge in [0.1, 0.15) is 11.6 Å². The van der Waals surface area contributed by atoms with Crippen molar-refractivity contribution in [2.45, 2.75) is 13.8 Å². The first-order valence-electron chi connectivity index (χ1n) is 6.71. The zero-order valence-corrected chi connectivity index (χ0v) is 12.1. The number of hydrogen-bond donors (Lipinski definition) is 1. The largest absolute Gasteiger partial charge is 0.497 e. The van der Waals surface area contributed by atoms with Crippen molar-refractivity contribution >= 4 is 11.8 Å². The fourth-order valence-electron chi connectivity index (χ4n) is 2.01. The summed E-state index contributed by atoms with van der Waals surface area (Å²) in [5.74, 6) is 1.97. The molecule has 0 saturated heterocycles. The van der Waals surface area contributed by atoms with Crippen molar-refractivity contribution in [1.29, 1.82) is 0 Å². The minimum Gasteiger partial charge on any atom is -0.497 e. The Kier molecular flexibility index (Phi) is 4.40. The molecule has 2 N–H and O–H groups in total. The van der Waals surface area contributed by atoms with Crippen molar-refractivity contribution in [2.24, 2.45) is 0 Å². The third-order valence-electron chi connectivity index (χ3n) is 3.17. The Labute approximate surface area is 119 Å². The summed E-state index contributed by atoms with van der Waals surface area (Å²) in [5, 5.41) is 0. The van der Waals surface area contributed by atoms with E-state index < -0.39 is 0 Å². The molecule has 2 aromatic rings. The molecule has 5 nitrogen and oxygen atoms in total. The van der Waals surface area contributed by atoms with Crippen LogP contribution in [0.5, 0.6) is 5.75 Å². The van der Waals surface area contributed by atoms with Crippen molar-refractivity contribution in [3.05, 3.63) is 30.3 Å². The van der Waals surface area contributed by atoms with E-state index in [1.165, 1.54) is 0 Å². The maximum Gasteiger partial charge on any atom is 0.227 e. The highest BCUT2D eigenvalue weighted by Crippen LogP contribution is 2.23. The Hall–Kier alpha value is -2.30. The lowest BCUT2D eigenvalue weighted by Gasteiger charge is -2.19. The molecule has 1 heterocycles. The van der Waals surface area contributed by atoms with Gasteiger partial charge < -0.3 is 15.4 Å². The summed E-state index contributed by atoms with van der Waals surface area (Å²) in [6.07, 6.45) is 0. The Bertz CT molecular complexity index is 565. The van der Waals surface area contributed by atoms with Crippen LogP contribution in [0, 0.1) is 0 Å². The van der Waals surface area contributed by atoms with Crippen molar-refractivity contribution in [3.63, 3.8) is 0 Å². The van der Waals surface area contributed by atoms with Gasteiger partial charge in [0.15, 0.2) is 0 Å². The fourth-order valence-corrected chi connectivity index (χ4v) is 2.01. The first-order valence-corrected chi connectivity index (χ1v) is 6.71. The second-order valence-electron chi connectivity index (χ2n) is 4.38. The van der Waals surface area contributed by atoms with Gasteiger partial charge in [0.2, 0.25) is 5.95 Å². The molecule has 5 heteroatoms. The molecular weight excluding hydrogens is 252 g/mol. The molecule has 0 radical (unpaired) electrons. The number of rotatable bonds is 5. The average molecular weight is 272 g/mol. The highest BCUT2D eigenvalue weighted by Gasteiger charge is 2.09. The first kappa shape index (κ1) is 14.1. The molecule has 0 bridgehead atoms. The lowest BCUT2D eigenvalue weighted by Crippen LogP contribution is -2.24. The Morgan fingerprint density at radius 3 is 2.30 bits per heavy atom. The molecule has 2 rings (SSSR count). The van der Waals surface area contributed by atoms with E-state index >= 15 is 0 Å². The fraction of sp³-hybridized carbons (Fsp3) is 0.333. The van der Waals surface area contributed by atoms with Gasteiger partial charge in [-0.15, -0.1) is 0 Å². The molecule has 0 atom stereocenters. The van der Waals surface area contributed by atoms with Crippen molar-refractivity contribution < 1.29 is 4.74 Å². The Morgan fingerprint density at radius 1 is 1.10 bits per heavy atom. The summed E-state index contributed by atoms with van der Waals surface area (Å²) in [7, 11) is 1.65. The van der Waals surface area contributed by atoms with Crippen molar-refractivity contribution in [2.75, 3.05) is 30.8 Å². The molecule has 106 valence electrons. The second kappa shape index (κ2) is 6.23. The minimum absolute atomic E-state index is 0.479. The third-order valence-corrected chi connectivity index (χ3v) is 3.17. The normalized spacial score (nSPS) is 10.3. The van der Waals surface area contributed by atoms with Crippen molar-refractivity contribution in [1.82, 2.24) is 9.97 Å². The van der Waals surface area contributed by atoms with Gasteiger partial charge in [-0.05, 0) is 38.1 Å². The van der Waals surface area contributed by atoms with Gasteiger partial charge in [0.25, 0.3) is 0 Å². The van der Waals surface area contributed by atoms with Crippen molar-refractivity contribution in [3.8, 4) is 17.0 Å². The number of aromatic nitrogens is 2. The van der Waals surface area contributed by atoms with Crippen LogP contribution in [0.15, 0.2) is 30.3 Å². The number of nitrogen functional groups attached to an aromatic ring is 1. The smallest absolute Gasteiger partial charge is 0.227 e. The molecule has 20 heavy (non-hydrogen) atoms. The van der Waals surface area contributed by atoms with Crippen LogP contribution in [0.1, 0.15) is 13.8 Å². The highest BCUT2D eigenvalue weighted by atomic mass is 16.5. The maximum absolute atomic E-state index is 5.90. The lowest BCUT2D eigenvalue weighted by atomic mass is 10.1. The molecular formula is C15H20N4O. The van der Waals surface area contributed by atoms with Crippen LogP contribution in [0.25, 0.3) is 11.3 Å². The van der Waals surface area contributed by atoms with Crippen LogP contribution in [-0.4, -0.2) is 30.2 Å². The van der Waals surface area contributed by atoms with Gasteiger partial charge in [-0.1, -0.05) is 0 Å². The summed E-state index contributed by atoms with van der Waals surface area (Å²) in [4.78, 5) is 11.0. The molecule has 0 saturated carbocycles. The van der Waals surface area contributed by atoms with Crippen LogP contribution in [-0.2, 0) is 0 Å². The van der Waals surface area contributed by atoms with Crippen LogP contribution in [0.4, 0.5) is 11.8 Å². The number of nitrogens with zero attached hydrogens (tertiary/aromatic N) is 3. The summed E-state index contributed by atoms with van der Waals surface area (Å²) in [6, 6.07) is 9.53. The standard InChI is InChI=1S/C15H20N4O/c1-4-19(5-2)15-17-13(10-14(16)18-15)11-6-8-12(20-3)9-7-11/h6-10H,4-5H2,1-3H3,(H2,16,17,18). The Balaban J connectivity index is 2.40. The summed E-state index contributed by atoms with van der Waals surface area (Å²) in [6.45, 7) is 5.84. The number of ether oxygens (including phenoxy) is 1. The van der Waals surface area contributed by atoms with Gasteiger partial charge in [0.05, 0.1) is 12.8 Å². The van der Waals surface area contributed by atoms with Gasteiger partial charge in [-0.3, -0.25) is 0 Å². The van der Waals surface area contributed by atoms with Crippen LogP contribution < -0.4 is 15.4 Å². The quantitative estimate of drug-likeness (QED) is 0.906. The van der Waals surface area contributed by atoms with Crippen LogP contribution >= 0.6 is 0 Å². The molecule has 1 aromatic heterocycles. The number of methoxy groups -OCH3 is 1.